The van der Waals surface area contributed by atoms with E-state index >= 15 is 0 Å². The molecule has 0 radical (unpaired) electrons. The highest BCUT2D eigenvalue weighted by Crippen LogP contribution is 2.24. The highest BCUT2D eigenvalue weighted by atomic mass is 16.4. The van der Waals surface area contributed by atoms with Gasteiger partial charge in [0.05, 0.1) is 0 Å². The van der Waals surface area contributed by atoms with Crippen LogP contribution < -0.4 is 10.6 Å². The quantitative estimate of drug-likeness (QED) is 0.647. The molecule has 1 saturated carbocycles. The Bertz CT molecular complexity index is 362. The van der Waals surface area contributed by atoms with Crippen LogP contribution in [0.15, 0.2) is 0 Å². The fourth-order valence-corrected chi connectivity index (χ4v) is 2.39. The summed E-state index contributed by atoms with van der Waals surface area (Å²) in [5.74, 6) is -1.47. The normalized spacial score (nSPS) is 16.9. The van der Waals surface area contributed by atoms with Crippen molar-refractivity contribution in [1.29, 1.82) is 0 Å². The summed E-state index contributed by atoms with van der Waals surface area (Å²) in [6.07, 6.45) is 4.13. The molecule has 6 heteroatoms. The second-order valence-corrected chi connectivity index (χ2v) is 5.65. The van der Waals surface area contributed by atoms with Crippen LogP contribution >= 0.6 is 0 Å². The molecule has 0 aromatic carbocycles. The van der Waals surface area contributed by atoms with Gasteiger partial charge in [0.25, 0.3) is 0 Å². The van der Waals surface area contributed by atoms with E-state index in [-0.39, 0.29) is 36.6 Å². The topological polar surface area (TPSA) is 95.5 Å². The van der Waals surface area contributed by atoms with Gasteiger partial charge in [-0.25, -0.2) is 4.79 Å². The smallest absolute Gasteiger partial charge is 0.326 e. The number of carbonyl (C=O) groups excluding carboxylic acids is 2. The summed E-state index contributed by atoms with van der Waals surface area (Å²) in [5.41, 5.74) is 0. The molecule has 0 saturated heterocycles. The molecule has 6 nitrogen and oxygen atoms in total. The molecule has 20 heavy (non-hydrogen) atoms. The van der Waals surface area contributed by atoms with Gasteiger partial charge < -0.3 is 15.7 Å². The molecule has 0 aromatic heterocycles. The lowest BCUT2D eigenvalue weighted by Crippen LogP contribution is -2.45. The van der Waals surface area contributed by atoms with E-state index in [0.29, 0.717) is 0 Å². The summed E-state index contributed by atoms with van der Waals surface area (Å²) in [7, 11) is 0. The van der Waals surface area contributed by atoms with Gasteiger partial charge in [-0.05, 0) is 18.8 Å². The Morgan fingerprint density at radius 3 is 2.30 bits per heavy atom. The number of carboxylic acid groups (broad SMARTS) is 1. The zero-order valence-electron chi connectivity index (χ0n) is 12.1. The third kappa shape index (κ3) is 5.19. The maximum absolute atomic E-state index is 11.7. The summed E-state index contributed by atoms with van der Waals surface area (Å²) < 4.78 is 0. The SMILES string of the molecule is CC(C)C(NC(=O)CCNC(=O)C1CCCC1)C(=O)O. The van der Waals surface area contributed by atoms with Gasteiger partial charge in [-0.1, -0.05) is 26.7 Å². The fraction of sp³-hybridized carbons (Fsp3) is 0.786. The summed E-state index contributed by atoms with van der Waals surface area (Å²) in [4.78, 5) is 34.3. The van der Waals surface area contributed by atoms with Crippen molar-refractivity contribution in [3.63, 3.8) is 0 Å². The Morgan fingerprint density at radius 2 is 1.80 bits per heavy atom. The Kier molecular flexibility index (Phi) is 6.48. The van der Waals surface area contributed by atoms with Crippen molar-refractivity contribution >= 4 is 17.8 Å². The van der Waals surface area contributed by atoms with Crippen LogP contribution in [0.4, 0.5) is 0 Å². The largest absolute Gasteiger partial charge is 0.480 e. The van der Waals surface area contributed by atoms with E-state index in [4.69, 9.17) is 5.11 Å². The molecule has 1 atom stereocenters. The Morgan fingerprint density at radius 1 is 1.20 bits per heavy atom. The van der Waals surface area contributed by atoms with Crippen LogP contribution in [0.2, 0.25) is 0 Å². The first-order valence-electron chi connectivity index (χ1n) is 7.21. The van der Waals surface area contributed by atoms with Crippen molar-refractivity contribution in [2.75, 3.05) is 6.54 Å². The van der Waals surface area contributed by atoms with Crippen LogP contribution in [-0.2, 0) is 14.4 Å². The van der Waals surface area contributed by atoms with E-state index in [1.807, 2.05) is 0 Å². The van der Waals surface area contributed by atoms with Crippen LogP contribution in [-0.4, -0.2) is 35.5 Å². The minimum absolute atomic E-state index is 0.00828. The summed E-state index contributed by atoms with van der Waals surface area (Å²) in [5, 5.41) is 14.2. The predicted molar refractivity (Wildman–Crippen MR) is 74.0 cm³/mol. The first-order chi connectivity index (χ1) is 9.41. The lowest BCUT2D eigenvalue weighted by Gasteiger charge is -2.18. The number of aliphatic carboxylic acids is 1. The first-order valence-corrected chi connectivity index (χ1v) is 7.21. The van der Waals surface area contributed by atoms with Crippen LogP contribution in [0.3, 0.4) is 0 Å². The fourth-order valence-electron chi connectivity index (χ4n) is 2.39. The number of carboxylic acids is 1. The molecule has 0 bridgehead atoms. The number of hydrogen-bond acceptors (Lipinski definition) is 3. The van der Waals surface area contributed by atoms with Crippen molar-refractivity contribution in [2.24, 2.45) is 11.8 Å². The molecule has 1 unspecified atom stereocenters. The molecule has 0 heterocycles. The van der Waals surface area contributed by atoms with Gasteiger partial charge in [-0.2, -0.15) is 0 Å². The number of carbonyl (C=O) groups is 3. The van der Waals surface area contributed by atoms with Crippen LogP contribution in [0, 0.1) is 11.8 Å². The summed E-state index contributed by atoms with van der Waals surface area (Å²) >= 11 is 0. The standard InChI is InChI=1S/C14H24N2O4/c1-9(2)12(14(19)20)16-11(17)7-8-15-13(18)10-5-3-4-6-10/h9-10,12H,3-8H2,1-2H3,(H,15,18)(H,16,17)(H,19,20). The van der Waals surface area contributed by atoms with Crippen molar-refractivity contribution in [2.45, 2.75) is 52.0 Å². The molecule has 1 rings (SSSR count). The van der Waals surface area contributed by atoms with E-state index in [0.717, 1.165) is 25.7 Å². The second-order valence-electron chi connectivity index (χ2n) is 5.65. The van der Waals surface area contributed by atoms with Gasteiger partial charge in [0.15, 0.2) is 0 Å². The summed E-state index contributed by atoms with van der Waals surface area (Å²) in [6.45, 7) is 3.73. The molecular weight excluding hydrogens is 260 g/mol. The van der Waals surface area contributed by atoms with Gasteiger partial charge in [-0.3, -0.25) is 9.59 Å². The van der Waals surface area contributed by atoms with E-state index in [1.54, 1.807) is 13.8 Å². The van der Waals surface area contributed by atoms with Crippen LogP contribution in [0.5, 0.6) is 0 Å². The van der Waals surface area contributed by atoms with Crippen molar-refractivity contribution in [3.8, 4) is 0 Å². The van der Waals surface area contributed by atoms with Gasteiger partial charge in [-0.15, -0.1) is 0 Å². The van der Waals surface area contributed by atoms with Crippen LogP contribution in [0.25, 0.3) is 0 Å². The van der Waals surface area contributed by atoms with E-state index in [9.17, 15) is 14.4 Å². The second kappa shape index (κ2) is 7.87. The van der Waals surface area contributed by atoms with Gasteiger partial charge in [0, 0.05) is 18.9 Å². The monoisotopic (exact) mass is 284 g/mol. The maximum atomic E-state index is 11.7. The molecule has 0 aromatic rings. The number of amides is 2. The van der Waals surface area contributed by atoms with Crippen molar-refractivity contribution in [3.05, 3.63) is 0 Å². The van der Waals surface area contributed by atoms with E-state index in [2.05, 4.69) is 10.6 Å². The number of rotatable bonds is 7. The highest BCUT2D eigenvalue weighted by molar-refractivity contribution is 5.84. The lowest BCUT2D eigenvalue weighted by atomic mass is 10.0. The highest BCUT2D eigenvalue weighted by Gasteiger charge is 2.24. The molecule has 0 aliphatic heterocycles. The average molecular weight is 284 g/mol. The molecular formula is C14H24N2O4. The van der Waals surface area contributed by atoms with Crippen LogP contribution in [0.1, 0.15) is 46.0 Å². The zero-order chi connectivity index (χ0) is 15.1. The average Bonchev–Trinajstić information content (AvgIpc) is 2.88. The molecule has 1 aliphatic rings. The third-order valence-corrected chi connectivity index (χ3v) is 3.63. The Hall–Kier alpha value is -1.59. The van der Waals surface area contributed by atoms with Crippen molar-refractivity contribution in [1.82, 2.24) is 10.6 Å². The minimum atomic E-state index is -1.04. The zero-order valence-corrected chi connectivity index (χ0v) is 12.1. The maximum Gasteiger partial charge on any atom is 0.326 e. The van der Waals surface area contributed by atoms with Gasteiger partial charge in [0.2, 0.25) is 11.8 Å². The third-order valence-electron chi connectivity index (χ3n) is 3.63. The molecule has 3 N–H and O–H groups in total. The van der Waals surface area contributed by atoms with E-state index in [1.165, 1.54) is 0 Å². The lowest BCUT2D eigenvalue weighted by molar-refractivity contribution is -0.143. The van der Waals surface area contributed by atoms with Gasteiger partial charge >= 0.3 is 5.97 Å². The number of nitrogens with one attached hydrogen (secondary N) is 2. The summed E-state index contributed by atoms with van der Waals surface area (Å²) in [6, 6.07) is -0.881. The Labute approximate surface area is 119 Å². The molecule has 1 aliphatic carbocycles. The van der Waals surface area contributed by atoms with E-state index < -0.39 is 12.0 Å². The van der Waals surface area contributed by atoms with Gasteiger partial charge in [0.1, 0.15) is 6.04 Å². The first kappa shape index (κ1) is 16.5. The Balaban J connectivity index is 2.25. The molecule has 1 fully saturated rings. The molecule has 2 amide bonds. The predicted octanol–water partition coefficient (Wildman–Crippen LogP) is 0.908. The van der Waals surface area contributed by atoms with Crippen molar-refractivity contribution < 1.29 is 19.5 Å². The minimum Gasteiger partial charge on any atom is -0.480 e. The molecule has 114 valence electrons. The number of hydrogen-bond donors (Lipinski definition) is 3. The molecule has 0 spiro atoms.